The second-order valence-corrected chi connectivity index (χ2v) is 12.0. The minimum atomic E-state index is -1.85. The van der Waals surface area contributed by atoms with Crippen molar-refractivity contribution < 1.29 is 63.6 Å². The zero-order valence-corrected chi connectivity index (χ0v) is 28.6. The number of carbonyl (C=O) groups excluding carboxylic acids is 9. The number of hydrogen-bond acceptors (Lipinski definition) is 13. The highest BCUT2D eigenvalue weighted by molar-refractivity contribution is 5.99. The summed E-state index contributed by atoms with van der Waals surface area (Å²) in [4.78, 5) is 115. The van der Waals surface area contributed by atoms with Crippen LogP contribution in [0, 0.1) is 0 Å². The lowest BCUT2D eigenvalue weighted by Crippen LogP contribution is -2.62. The van der Waals surface area contributed by atoms with Gasteiger partial charge in [-0.3, -0.25) is 43.2 Å². The summed E-state index contributed by atoms with van der Waals surface area (Å²) in [5.41, 5.74) is 11.3. The molecule has 22 heteroatoms. The van der Waals surface area contributed by atoms with Crippen LogP contribution < -0.4 is 48.7 Å². The Labute approximate surface area is 302 Å². The normalized spacial score (nSPS) is 23.6. The van der Waals surface area contributed by atoms with Crippen LogP contribution in [0.3, 0.4) is 0 Å². The third-order valence-corrected chi connectivity index (χ3v) is 7.80. The molecule has 0 saturated carbocycles. The minimum absolute atomic E-state index is 0.0334. The third kappa shape index (κ3) is 13.7. The molecular weight excluding hydrogens is 706 g/mol. The molecule has 8 atom stereocenters. The van der Waals surface area contributed by atoms with Crippen LogP contribution in [0.25, 0.3) is 0 Å². The maximum absolute atomic E-state index is 13.4. The fraction of sp³-hybridized carbons (Fsp3) is 0.516. The average Bonchev–Trinajstić information content (AvgIpc) is 3.10. The predicted octanol–water partition coefficient (Wildman–Crippen LogP) is -7.87. The van der Waals surface area contributed by atoms with Gasteiger partial charge in [0.15, 0.2) is 0 Å². The van der Waals surface area contributed by atoms with Crippen molar-refractivity contribution in [3.63, 3.8) is 0 Å². The number of hydrogen-bond donors (Lipinski definition) is 13. The van der Waals surface area contributed by atoms with Crippen molar-refractivity contribution in [1.29, 1.82) is 0 Å². The molecule has 0 spiro atoms. The maximum atomic E-state index is 13.4. The van der Waals surface area contributed by atoms with Crippen LogP contribution in [0.1, 0.15) is 31.7 Å². The van der Waals surface area contributed by atoms with Crippen molar-refractivity contribution in [2.45, 2.75) is 81.0 Å². The first kappa shape index (κ1) is 43.5. The van der Waals surface area contributed by atoms with Crippen molar-refractivity contribution in [2.75, 3.05) is 19.8 Å². The van der Waals surface area contributed by atoms with E-state index in [1.807, 2.05) is 0 Å². The average molecular weight is 752 g/mol. The zero-order valence-electron chi connectivity index (χ0n) is 28.6. The molecule has 1 heterocycles. The van der Waals surface area contributed by atoms with Crippen molar-refractivity contribution in [3.8, 4) is 0 Å². The molecule has 0 aliphatic carbocycles. The highest BCUT2D eigenvalue weighted by Crippen LogP contribution is 2.06. The number of nitrogens with two attached hydrogens (primary N) is 2. The molecule has 1 aliphatic heterocycles. The number of carbonyl (C=O) groups is 9. The summed E-state index contributed by atoms with van der Waals surface area (Å²) in [6, 6.07) is -3.48. The van der Waals surface area contributed by atoms with E-state index < -0.39 is 141 Å². The van der Waals surface area contributed by atoms with E-state index in [1.54, 1.807) is 30.3 Å². The molecule has 9 amide bonds. The molecule has 1 saturated heterocycles. The Kier molecular flexibility index (Phi) is 17.2. The molecule has 292 valence electrons. The van der Waals surface area contributed by atoms with Crippen LogP contribution >= 0.6 is 0 Å². The van der Waals surface area contributed by atoms with Crippen LogP contribution in [0.4, 0.5) is 0 Å². The van der Waals surface area contributed by atoms with Crippen LogP contribution in [-0.2, 0) is 49.6 Å². The minimum Gasteiger partial charge on any atom is -0.394 e. The fourth-order valence-corrected chi connectivity index (χ4v) is 4.89. The Bertz CT molecular complexity index is 1510. The number of primary amides is 2. The van der Waals surface area contributed by atoms with Gasteiger partial charge in [0.2, 0.25) is 53.2 Å². The third-order valence-electron chi connectivity index (χ3n) is 7.80. The van der Waals surface area contributed by atoms with Gasteiger partial charge in [0.05, 0.1) is 32.3 Å². The Morgan fingerprint density at radius 2 is 1.34 bits per heavy atom. The second kappa shape index (κ2) is 21.0. The van der Waals surface area contributed by atoms with Gasteiger partial charge in [-0.2, -0.15) is 0 Å². The molecule has 2 rings (SSSR count). The van der Waals surface area contributed by atoms with Crippen molar-refractivity contribution in [2.24, 2.45) is 11.5 Å². The van der Waals surface area contributed by atoms with E-state index in [0.717, 1.165) is 6.92 Å². The quantitative estimate of drug-likeness (QED) is 0.0892. The molecule has 22 nitrogen and oxygen atoms in total. The lowest BCUT2D eigenvalue weighted by molar-refractivity contribution is -0.138. The standard InChI is InChI=1S/C31H45N9O13/c1-14(44)24-31(53)39-21(13-43)29(51)35-16(7-8-23(46)34-19(11-41)28(50)37-18(10-22(32)45)27(49)40-24)26(48)38-20(12-42)30(52)36-17(25(33)47)9-15-5-3-2-4-6-15/h2-6,14,16-21,24,41-44H,7-13H2,1H3,(H2,32,45)(H2,33,47)(H,34,46)(H,35,51)(H,36,52)(H,37,50)(H,38,48)(H,39,53)(H,40,49)/t14-,16?,17+,18+,19?,20+,21+,24+/m1/s1. The van der Waals surface area contributed by atoms with Gasteiger partial charge in [0.25, 0.3) is 0 Å². The molecule has 0 aromatic heterocycles. The number of benzene rings is 1. The molecule has 1 aliphatic rings. The van der Waals surface area contributed by atoms with Crippen LogP contribution in [0.5, 0.6) is 0 Å². The maximum Gasteiger partial charge on any atom is 0.245 e. The topological polar surface area (TPSA) is 371 Å². The summed E-state index contributed by atoms with van der Waals surface area (Å²) >= 11 is 0. The molecule has 15 N–H and O–H groups in total. The molecule has 1 fully saturated rings. The monoisotopic (exact) mass is 751 g/mol. The van der Waals surface area contributed by atoms with Gasteiger partial charge in [0, 0.05) is 12.8 Å². The van der Waals surface area contributed by atoms with Crippen LogP contribution in [0.2, 0.25) is 0 Å². The lowest BCUT2D eigenvalue weighted by atomic mass is 10.0. The number of nitrogens with one attached hydrogen (secondary N) is 7. The molecule has 1 aromatic carbocycles. The summed E-state index contributed by atoms with van der Waals surface area (Å²) in [7, 11) is 0. The van der Waals surface area contributed by atoms with Gasteiger partial charge >= 0.3 is 0 Å². The van der Waals surface area contributed by atoms with Gasteiger partial charge in [-0.15, -0.1) is 0 Å². The largest absolute Gasteiger partial charge is 0.394 e. The fourth-order valence-electron chi connectivity index (χ4n) is 4.89. The van der Waals surface area contributed by atoms with E-state index in [4.69, 9.17) is 11.5 Å². The van der Waals surface area contributed by atoms with Gasteiger partial charge < -0.3 is 69.1 Å². The van der Waals surface area contributed by atoms with Gasteiger partial charge in [-0.1, -0.05) is 30.3 Å². The summed E-state index contributed by atoms with van der Waals surface area (Å²) in [6.45, 7) is -2.06. The highest BCUT2D eigenvalue weighted by atomic mass is 16.3. The first-order chi connectivity index (χ1) is 25.0. The van der Waals surface area contributed by atoms with E-state index in [9.17, 15) is 63.6 Å². The van der Waals surface area contributed by atoms with Crippen molar-refractivity contribution >= 4 is 53.2 Å². The van der Waals surface area contributed by atoms with E-state index in [2.05, 4.69) is 37.2 Å². The molecular formula is C31H45N9O13. The zero-order chi connectivity index (χ0) is 39.8. The van der Waals surface area contributed by atoms with E-state index in [1.165, 1.54) is 0 Å². The first-order valence-corrected chi connectivity index (χ1v) is 16.2. The SMILES string of the molecule is C[C@@H](O)[C@@H]1NC(=O)[C@H](CC(N)=O)NC(=O)C(CO)NC(=O)CCC(C(=O)N[C@@H](CO)C(=O)N[C@@H](Cc2ccccc2)C(N)=O)NC(=O)[C@H](CO)NC1=O. The number of amides is 9. The highest BCUT2D eigenvalue weighted by Gasteiger charge is 2.36. The summed E-state index contributed by atoms with van der Waals surface area (Å²) < 4.78 is 0. The summed E-state index contributed by atoms with van der Waals surface area (Å²) in [6.07, 6.45) is -3.74. The van der Waals surface area contributed by atoms with Gasteiger partial charge in [-0.25, -0.2) is 0 Å². The van der Waals surface area contributed by atoms with Gasteiger partial charge in [0.1, 0.15) is 42.3 Å². The molecule has 0 radical (unpaired) electrons. The number of aliphatic hydroxyl groups is 4. The Balaban J connectivity index is 2.40. The van der Waals surface area contributed by atoms with E-state index in [0.29, 0.717) is 5.56 Å². The first-order valence-electron chi connectivity index (χ1n) is 16.2. The van der Waals surface area contributed by atoms with E-state index in [-0.39, 0.29) is 6.42 Å². The smallest absolute Gasteiger partial charge is 0.245 e. The molecule has 53 heavy (non-hydrogen) atoms. The lowest BCUT2D eigenvalue weighted by Gasteiger charge is -2.27. The van der Waals surface area contributed by atoms with Crippen LogP contribution in [-0.4, -0.2) is 142 Å². The molecule has 2 unspecified atom stereocenters. The summed E-state index contributed by atoms with van der Waals surface area (Å²) in [5.74, 6) is -10.0. The Hall–Kier alpha value is -5.71. The molecule has 0 bridgehead atoms. The van der Waals surface area contributed by atoms with Gasteiger partial charge in [-0.05, 0) is 18.9 Å². The molecule has 1 aromatic rings. The van der Waals surface area contributed by atoms with Crippen molar-refractivity contribution in [3.05, 3.63) is 35.9 Å². The van der Waals surface area contributed by atoms with Crippen molar-refractivity contribution in [1.82, 2.24) is 37.2 Å². The number of aliphatic hydroxyl groups excluding tert-OH is 4. The van der Waals surface area contributed by atoms with Crippen LogP contribution in [0.15, 0.2) is 30.3 Å². The Morgan fingerprint density at radius 1 is 0.774 bits per heavy atom. The second-order valence-electron chi connectivity index (χ2n) is 12.0. The number of rotatable bonds is 13. The predicted molar refractivity (Wildman–Crippen MR) is 179 cm³/mol. The summed E-state index contributed by atoms with van der Waals surface area (Å²) in [5, 5.41) is 55.1. The van der Waals surface area contributed by atoms with E-state index >= 15 is 0 Å². The Morgan fingerprint density at radius 3 is 1.89 bits per heavy atom.